The van der Waals surface area contributed by atoms with Gasteiger partial charge in [0, 0.05) is 41.9 Å². The van der Waals surface area contributed by atoms with E-state index >= 15 is 4.39 Å². The normalized spacial score (nSPS) is 37.8. The number of fused-ring (bicyclic) bond motifs is 5. The molecule has 0 N–H and O–H groups in total. The third-order valence-corrected chi connectivity index (χ3v) is 11.0. The van der Waals surface area contributed by atoms with Crippen LogP contribution >= 0.6 is 0 Å². The zero-order chi connectivity index (χ0) is 31.8. The first-order valence-electron chi connectivity index (χ1n) is 16.0. The Bertz CT molecular complexity index is 1220. The number of hydrogen-bond acceptors (Lipinski definition) is 8. The highest BCUT2D eigenvalue weighted by atomic mass is 19.1. The molecule has 4 aliphatic carbocycles. The molecule has 0 unspecified atom stereocenters. The zero-order valence-corrected chi connectivity index (χ0v) is 26.5. The van der Waals surface area contributed by atoms with Gasteiger partial charge in [0.05, 0.1) is 0 Å². The van der Waals surface area contributed by atoms with Crippen LogP contribution in [0.2, 0.25) is 0 Å². The van der Waals surface area contributed by atoms with Gasteiger partial charge in [-0.3, -0.25) is 24.0 Å². The van der Waals surface area contributed by atoms with Crippen molar-refractivity contribution in [1.82, 2.24) is 0 Å². The number of carbonyl (C=O) groups excluding carboxylic acids is 5. The molecule has 9 heteroatoms. The van der Waals surface area contributed by atoms with E-state index in [0.29, 0.717) is 31.3 Å². The number of ether oxygens (including phenoxy) is 3. The first-order chi connectivity index (χ1) is 20.2. The van der Waals surface area contributed by atoms with Gasteiger partial charge in [-0.25, -0.2) is 4.39 Å². The van der Waals surface area contributed by atoms with Crippen LogP contribution in [0.15, 0.2) is 23.8 Å². The van der Waals surface area contributed by atoms with Crippen LogP contribution in [-0.4, -0.2) is 53.5 Å². The van der Waals surface area contributed by atoms with Crippen molar-refractivity contribution in [2.75, 3.05) is 6.61 Å². The van der Waals surface area contributed by atoms with Gasteiger partial charge in [0.1, 0.15) is 6.10 Å². The summed E-state index contributed by atoms with van der Waals surface area (Å²) in [4.78, 5) is 64.7. The Balaban J connectivity index is 1.85. The van der Waals surface area contributed by atoms with Crippen molar-refractivity contribution in [2.24, 2.45) is 28.6 Å². The van der Waals surface area contributed by atoms with E-state index in [9.17, 15) is 24.0 Å². The maximum atomic E-state index is 18.4. The molecule has 0 heterocycles. The Morgan fingerprint density at radius 1 is 1.00 bits per heavy atom. The minimum absolute atomic E-state index is 0.0224. The Kier molecular flexibility index (Phi) is 9.44. The summed E-state index contributed by atoms with van der Waals surface area (Å²) < 4.78 is 35.8. The quantitative estimate of drug-likeness (QED) is 0.162. The number of halogens is 1. The average Bonchev–Trinajstić information content (AvgIpc) is 3.18. The maximum Gasteiger partial charge on any atom is 0.306 e. The van der Waals surface area contributed by atoms with Crippen LogP contribution in [0.3, 0.4) is 0 Å². The molecule has 3 saturated carbocycles. The van der Waals surface area contributed by atoms with Crippen molar-refractivity contribution < 1.29 is 42.6 Å². The lowest BCUT2D eigenvalue weighted by molar-refractivity contribution is -0.236. The van der Waals surface area contributed by atoms with E-state index in [0.717, 1.165) is 12.8 Å². The van der Waals surface area contributed by atoms with Gasteiger partial charge in [-0.15, -0.1) is 0 Å². The number of ketones is 2. The van der Waals surface area contributed by atoms with E-state index in [1.807, 2.05) is 20.8 Å². The summed E-state index contributed by atoms with van der Waals surface area (Å²) in [6.45, 7) is 10.1. The molecule has 43 heavy (non-hydrogen) atoms. The summed E-state index contributed by atoms with van der Waals surface area (Å²) >= 11 is 0. The smallest absolute Gasteiger partial charge is 0.306 e. The number of rotatable bonds is 11. The highest BCUT2D eigenvalue weighted by molar-refractivity contribution is 6.01. The zero-order valence-electron chi connectivity index (χ0n) is 26.5. The first kappa shape index (κ1) is 33.1. The largest absolute Gasteiger partial charge is 0.459 e. The Labute approximate surface area is 254 Å². The molecule has 0 radical (unpaired) electrons. The van der Waals surface area contributed by atoms with Crippen LogP contribution < -0.4 is 0 Å². The van der Waals surface area contributed by atoms with Crippen LogP contribution in [0.5, 0.6) is 0 Å². The number of allylic oxidation sites excluding steroid dienone is 4. The molecular weight excluding hydrogens is 555 g/mol. The van der Waals surface area contributed by atoms with Crippen LogP contribution in [0.25, 0.3) is 0 Å². The summed E-state index contributed by atoms with van der Waals surface area (Å²) in [5.74, 6) is -3.98. The lowest BCUT2D eigenvalue weighted by Crippen LogP contribution is -2.70. The maximum absolute atomic E-state index is 18.4. The third kappa shape index (κ3) is 5.18. The molecule has 0 spiro atoms. The van der Waals surface area contributed by atoms with Gasteiger partial charge in [0.25, 0.3) is 0 Å². The summed E-state index contributed by atoms with van der Waals surface area (Å²) in [5.41, 5.74) is -5.42. The summed E-state index contributed by atoms with van der Waals surface area (Å²) in [5, 5.41) is 0. The van der Waals surface area contributed by atoms with Crippen LogP contribution in [0, 0.1) is 28.6 Å². The van der Waals surface area contributed by atoms with Crippen LogP contribution in [0.4, 0.5) is 4.39 Å². The minimum Gasteiger partial charge on any atom is -0.459 e. The summed E-state index contributed by atoms with van der Waals surface area (Å²) in [7, 11) is 0. The van der Waals surface area contributed by atoms with Crippen molar-refractivity contribution in [3.8, 4) is 0 Å². The molecule has 0 aromatic heterocycles. The fourth-order valence-corrected chi connectivity index (χ4v) is 8.83. The van der Waals surface area contributed by atoms with E-state index in [2.05, 4.69) is 0 Å². The highest BCUT2D eigenvalue weighted by Gasteiger charge is 2.78. The molecule has 0 amide bonds. The summed E-state index contributed by atoms with van der Waals surface area (Å²) in [6.07, 6.45) is 7.01. The Morgan fingerprint density at radius 2 is 1.70 bits per heavy atom. The van der Waals surface area contributed by atoms with Crippen molar-refractivity contribution in [3.05, 3.63) is 23.8 Å². The van der Waals surface area contributed by atoms with Gasteiger partial charge in [-0.2, -0.15) is 0 Å². The van der Waals surface area contributed by atoms with E-state index in [-0.39, 0.29) is 31.5 Å². The topological polar surface area (TPSA) is 113 Å². The predicted molar refractivity (Wildman–Crippen MR) is 156 cm³/mol. The molecule has 0 aliphatic heterocycles. The number of esters is 3. The van der Waals surface area contributed by atoms with Gasteiger partial charge >= 0.3 is 17.9 Å². The number of unbranched alkanes of at least 4 members (excludes halogenated alkanes) is 2. The first-order valence-corrected chi connectivity index (χ1v) is 16.0. The molecule has 0 bridgehead atoms. The SMILES string of the molecule is CCCCCC(=O)O[C@@H]1C[C@@]2(C)[C@H](C[C@@H](C)[C@]2(OC(=O)CC)C(=O)COC(=O)CC)[C@@H]2CCC3=CC(=O)C=C[C@]3(C)[C@@]12F. The molecule has 238 valence electrons. The lowest BCUT2D eigenvalue weighted by atomic mass is 9.44. The van der Waals surface area contributed by atoms with E-state index in [1.165, 1.54) is 12.2 Å². The second-order valence-electron chi connectivity index (χ2n) is 13.3. The number of hydrogen-bond donors (Lipinski definition) is 0. The van der Waals surface area contributed by atoms with Gasteiger partial charge in [-0.1, -0.05) is 59.1 Å². The Morgan fingerprint density at radius 3 is 2.35 bits per heavy atom. The summed E-state index contributed by atoms with van der Waals surface area (Å²) in [6, 6.07) is 0. The van der Waals surface area contributed by atoms with Crippen molar-refractivity contribution in [3.63, 3.8) is 0 Å². The molecule has 3 fully saturated rings. The van der Waals surface area contributed by atoms with E-state index in [4.69, 9.17) is 14.2 Å². The van der Waals surface area contributed by atoms with Crippen molar-refractivity contribution >= 4 is 29.5 Å². The fourth-order valence-electron chi connectivity index (χ4n) is 8.83. The van der Waals surface area contributed by atoms with Crippen LogP contribution in [-0.2, 0) is 38.2 Å². The Hall–Kier alpha value is -2.84. The van der Waals surface area contributed by atoms with Crippen LogP contribution in [0.1, 0.15) is 106 Å². The van der Waals surface area contributed by atoms with E-state index < -0.39 is 76.3 Å². The second-order valence-corrected chi connectivity index (χ2v) is 13.3. The van der Waals surface area contributed by atoms with Crippen molar-refractivity contribution in [2.45, 2.75) is 123 Å². The predicted octanol–water partition coefficient (Wildman–Crippen LogP) is 5.95. The number of carbonyl (C=O) groups is 5. The van der Waals surface area contributed by atoms with Crippen molar-refractivity contribution in [1.29, 1.82) is 0 Å². The number of alkyl halides is 1. The van der Waals surface area contributed by atoms with Gasteiger partial charge in [0.15, 0.2) is 23.7 Å². The molecule has 8 atom stereocenters. The minimum atomic E-state index is -2.07. The number of Topliss-reactive ketones (excluding diaryl/α,β-unsaturated/α-hetero) is 1. The molecule has 8 nitrogen and oxygen atoms in total. The molecule has 0 saturated heterocycles. The molecule has 0 aromatic carbocycles. The van der Waals surface area contributed by atoms with Gasteiger partial charge in [0.2, 0.25) is 5.78 Å². The van der Waals surface area contributed by atoms with Gasteiger partial charge < -0.3 is 14.2 Å². The lowest BCUT2D eigenvalue weighted by Gasteiger charge is -2.63. The monoisotopic (exact) mass is 602 g/mol. The third-order valence-electron chi connectivity index (χ3n) is 11.0. The highest BCUT2D eigenvalue weighted by Crippen LogP contribution is 2.72. The van der Waals surface area contributed by atoms with Gasteiger partial charge in [-0.05, 0) is 57.1 Å². The van der Waals surface area contributed by atoms with E-state index in [1.54, 1.807) is 26.8 Å². The molecule has 4 rings (SSSR count). The molecule has 0 aromatic rings. The average molecular weight is 603 g/mol. The fraction of sp³-hybridized carbons (Fsp3) is 0.735. The standard InChI is InChI=1S/C34H47FO8/c1-7-10-11-12-30(40)42-27-19-32(6)25(24-14-13-22-18-23(36)15-16-31(22,5)33(24,27)35)17-21(4)34(32,43-29(39)9-3)26(37)20-41-28(38)8-2/h15-16,18,21,24-25,27H,7-14,17,19-20H2,1-6H3/t21-,24+,25-,27-,31+,32+,33+,34+/m1/s1. The second kappa shape index (κ2) is 12.3. The molecule has 4 aliphatic rings. The molecular formula is C34H47FO8.